The summed E-state index contributed by atoms with van der Waals surface area (Å²) in [7, 11) is 0. The molecule has 0 bridgehead atoms. The molecule has 5 nitrogen and oxygen atoms in total. The number of amides is 2. The van der Waals surface area contributed by atoms with Gasteiger partial charge in [0.1, 0.15) is 0 Å². The van der Waals surface area contributed by atoms with Crippen molar-refractivity contribution in [2.24, 2.45) is 11.8 Å². The monoisotopic (exact) mass is 304 g/mol. The molecule has 1 atom stereocenters. The first-order chi connectivity index (χ1) is 10.5. The molecule has 1 saturated carbocycles. The number of aliphatic hydroxyl groups excluding tert-OH is 1. The minimum Gasteiger partial charge on any atom is -0.394 e. The number of nitrogens with one attached hydrogen (secondary N) is 2. The predicted molar refractivity (Wildman–Crippen MR) is 85.6 cm³/mol. The lowest BCUT2D eigenvalue weighted by molar-refractivity contribution is -0.117. The van der Waals surface area contributed by atoms with Gasteiger partial charge in [0.05, 0.1) is 12.6 Å². The summed E-state index contributed by atoms with van der Waals surface area (Å²) in [6.45, 7) is 4.03. The van der Waals surface area contributed by atoms with Crippen LogP contribution in [0.3, 0.4) is 0 Å². The van der Waals surface area contributed by atoms with Gasteiger partial charge in [0.2, 0.25) is 5.91 Å². The van der Waals surface area contributed by atoms with Crippen molar-refractivity contribution < 1.29 is 14.7 Å². The van der Waals surface area contributed by atoms with Gasteiger partial charge < -0.3 is 15.7 Å². The van der Waals surface area contributed by atoms with E-state index in [1.807, 2.05) is 13.8 Å². The minimum atomic E-state index is -0.234. The van der Waals surface area contributed by atoms with Crippen molar-refractivity contribution in [3.63, 3.8) is 0 Å². The van der Waals surface area contributed by atoms with Gasteiger partial charge in [0.15, 0.2) is 0 Å². The number of hydrogen-bond acceptors (Lipinski definition) is 3. The first-order valence-corrected chi connectivity index (χ1v) is 7.82. The van der Waals surface area contributed by atoms with Gasteiger partial charge in [0.25, 0.3) is 5.91 Å². The molecule has 2 rings (SSSR count). The molecule has 0 heterocycles. The Morgan fingerprint density at radius 3 is 2.36 bits per heavy atom. The van der Waals surface area contributed by atoms with Crippen LogP contribution >= 0.6 is 0 Å². The van der Waals surface area contributed by atoms with E-state index in [1.54, 1.807) is 24.3 Å². The summed E-state index contributed by atoms with van der Waals surface area (Å²) >= 11 is 0. The molecule has 1 aliphatic carbocycles. The molecule has 5 heteroatoms. The summed E-state index contributed by atoms with van der Waals surface area (Å²) in [4.78, 5) is 23.8. The number of rotatable bonds is 7. The molecule has 0 saturated heterocycles. The average molecular weight is 304 g/mol. The molecule has 1 aromatic carbocycles. The molecule has 1 fully saturated rings. The van der Waals surface area contributed by atoms with E-state index in [0.717, 1.165) is 19.3 Å². The highest BCUT2D eigenvalue weighted by Crippen LogP contribution is 2.30. The molecule has 0 spiro atoms. The number of anilines is 1. The smallest absolute Gasteiger partial charge is 0.251 e. The van der Waals surface area contributed by atoms with E-state index in [4.69, 9.17) is 0 Å². The highest BCUT2D eigenvalue weighted by molar-refractivity contribution is 5.96. The van der Waals surface area contributed by atoms with Crippen LogP contribution in [0.5, 0.6) is 0 Å². The molecule has 0 aromatic heterocycles. The molecule has 1 aromatic rings. The standard InChI is InChI=1S/C17H24N2O3/c1-11(2)9-15(10-20)19-17(22)13-5-7-14(8-6-13)18-16(21)12-3-4-12/h5-8,11-12,15,20H,3-4,9-10H2,1-2H3,(H,18,21)(H,19,22). The predicted octanol–water partition coefficient (Wildman–Crippen LogP) is 2.17. The Morgan fingerprint density at radius 2 is 1.86 bits per heavy atom. The summed E-state index contributed by atoms with van der Waals surface area (Å²) in [5.41, 5.74) is 1.22. The summed E-state index contributed by atoms with van der Waals surface area (Å²) < 4.78 is 0. The second kappa shape index (κ2) is 7.40. The minimum absolute atomic E-state index is 0.0504. The number of carbonyl (C=O) groups is 2. The molecule has 1 unspecified atom stereocenters. The molecular formula is C17H24N2O3. The van der Waals surface area contributed by atoms with Crippen molar-refractivity contribution in [2.75, 3.05) is 11.9 Å². The Bertz CT molecular complexity index is 521. The van der Waals surface area contributed by atoms with Gasteiger partial charge in [-0.05, 0) is 49.4 Å². The third kappa shape index (κ3) is 4.84. The fourth-order valence-corrected chi connectivity index (χ4v) is 2.31. The zero-order valence-electron chi connectivity index (χ0n) is 13.1. The average Bonchev–Trinajstić information content (AvgIpc) is 3.31. The van der Waals surface area contributed by atoms with Crippen LogP contribution in [0.2, 0.25) is 0 Å². The Labute approximate surface area is 131 Å². The van der Waals surface area contributed by atoms with Crippen LogP contribution in [-0.4, -0.2) is 29.6 Å². The van der Waals surface area contributed by atoms with Crippen LogP contribution < -0.4 is 10.6 Å². The largest absolute Gasteiger partial charge is 0.394 e. The lowest BCUT2D eigenvalue weighted by Crippen LogP contribution is -2.38. The van der Waals surface area contributed by atoms with Gasteiger partial charge in [-0.25, -0.2) is 0 Å². The summed E-state index contributed by atoms with van der Waals surface area (Å²) in [5.74, 6) is 0.399. The lowest BCUT2D eigenvalue weighted by atomic mass is 10.0. The third-order valence-corrected chi connectivity index (χ3v) is 3.67. The molecule has 22 heavy (non-hydrogen) atoms. The van der Waals surface area contributed by atoms with Crippen molar-refractivity contribution in [3.05, 3.63) is 29.8 Å². The number of hydrogen-bond donors (Lipinski definition) is 3. The van der Waals surface area contributed by atoms with Gasteiger partial charge in [-0.3, -0.25) is 9.59 Å². The van der Waals surface area contributed by atoms with Crippen LogP contribution in [0, 0.1) is 11.8 Å². The van der Waals surface area contributed by atoms with Gasteiger partial charge in [-0.15, -0.1) is 0 Å². The Hall–Kier alpha value is -1.88. The molecular weight excluding hydrogens is 280 g/mol. The number of aliphatic hydroxyl groups is 1. The Morgan fingerprint density at radius 1 is 1.23 bits per heavy atom. The van der Waals surface area contributed by atoms with Gasteiger partial charge >= 0.3 is 0 Å². The van der Waals surface area contributed by atoms with Crippen LogP contribution in [0.15, 0.2) is 24.3 Å². The first-order valence-electron chi connectivity index (χ1n) is 7.82. The third-order valence-electron chi connectivity index (χ3n) is 3.67. The topological polar surface area (TPSA) is 78.4 Å². The number of benzene rings is 1. The van der Waals surface area contributed by atoms with Crippen molar-refractivity contribution in [1.29, 1.82) is 0 Å². The van der Waals surface area contributed by atoms with Gasteiger partial charge in [-0.2, -0.15) is 0 Å². The molecule has 3 N–H and O–H groups in total. The van der Waals surface area contributed by atoms with E-state index >= 15 is 0 Å². The normalized spacial score (nSPS) is 15.5. The van der Waals surface area contributed by atoms with E-state index in [9.17, 15) is 14.7 Å². The summed E-state index contributed by atoms with van der Waals surface area (Å²) in [5, 5.41) is 15.0. The lowest BCUT2D eigenvalue weighted by Gasteiger charge is -2.18. The van der Waals surface area contributed by atoms with Crippen LogP contribution in [0.1, 0.15) is 43.5 Å². The van der Waals surface area contributed by atoms with Crippen LogP contribution in [0.25, 0.3) is 0 Å². The highest BCUT2D eigenvalue weighted by Gasteiger charge is 2.29. The molecule has 1 aliphatic rings. The van der Waals surface area contributed by atoms with Gasteiger partial charge in [0, 0.05) is 17.2 Å². The summed E-state index contributed by atoms with van der Waals surface area (Å²) in [6.07, 6.45) is 2.66. The fraction of sp³-hybridized carbons (Fsp3) is 0.529. The SMILES string of the molecule is CC(C)CC(CO)NC(=O)c1ccc(NC(=O)C2CC2)cc1. The van der Waals surface area contributed by atoms with Crippen LogP contribution in [-0.2, 0) is 4.79 Å². The molecule has 0 aliphatic heterocycles. The van der Waals surface area contributed by atoms with Crippen molar-refractivity contribution >= 4 is 17.5 Å². The van der Waals surface area contributed by atoms with Crippen LogP contribution in [0.4, 0.5) is 5.69 Å². The van der Waals surface area contributed by atoms with Gasteiger partial charge in [-0.1, -0.05) is 13.8 Å². The first kappa shape index (κ1) is 16.5. The van der Waals surface area contributed by atoms with E-state index < -0.39 is 0 Å². The maximum absolute atomic E-state index is 12.1. The Balaban J connectivity index is 1.90. The van der Waals surface area contributed by atoms with Crippen molar-refractivity contribution in [2.45, 2.75) is 39.2 Å². The molecule has 120 valence electrons. The Kier molecular flexibility index (Phi) is 5.55. The zero-order valence-corrected chi connectivity index (χ0v) is 13.1. The second-order valence-electron chi connectivity index (χ2n) is 6.32. The van der Waals surface area contributed by atoms with Crippen molar-refractivity contribution in [3.8, 4) is 0 Å². The highest BCUT2D eigenvalue weighted by atomic mass is 16.3. The van der Waals surface area contributed by atoms with E-state index in [-0.39, 0.29) is 30.4 Å². The van der Waals surface area contributed by atoms with E-state index in [0.29, 0.717) is 17.2 Å². The zero-order chi connectivity index (χ0) is 16.1. The van der Waals surface area contributed by atoms with Crippen molar-refractivity contribution in [1.82, 2.24) is 5.32 Å². The van der Waals surface area contributed by atoms with E-state index in [2.05, 4.69) is 10.6 Å². The fourth-order valence-electron chi connectivity index (χ4n) is 2.31. The molecule has 0 radical (unpaired) electrons. The maximum atomic E-state index is 12.1. The number of carbonyl (C=O) groups excluding carboxylic acids is 2. The molecule has 2 amide bonds. The maximum Gasteiger partial charge on any atom is 0.251 e. The van der Waals surface area contributed by atoms with E-state index in [1.165, 1.54) is 0 Å². The second-order valence-corrected chi connectivity index (χ2v) is 6.32. The summed E-state index contributed by atoms with van der Waals surface area (Å²) in [6, 6.07) is 6.59. The quantitative estimate of drug-likeness (QED) is 0.722.